The van der Waals surface area contributed by atoms with Crippen LogP contribution in [0.4, 0.5) is 5.69 Å². The first kappa shape index (κ1) is 10.2. The van der Waals surface area contributed by atoms with Crippen LogP contribution in [0.25, 0.3) is 6.08 Å². The van der Waals surface area contributed by atoms with E-state index < -0.39 is 0 Å². The predicted octanol–water partition coefficient (Wildman–Crippen LogP) is 2.47. The van der Waals surface area contributed by atoms with E-state index in [2.05, 4.69) is 36.6 Å². The summed E-state index contributed by atoms with van der Waals surface area (Å²) in [6.45, 7) is 9.58. The van der Waals surface area contributed by atoms with Crippen LogP contribution in [0.5, 0.6) is 0 Å². The number of benzene rings is 1. The van der Waals surface area contributed by atoms with Gasteiger partial charge in [0.1, 0.15) is 0 Å². The number of rotatable bonds is 2. The molecule has 1 aromatic carbocycles. The van der Waals surface area contributed by atoms with Crippen molar-refractivity contribution in [1.29, 1.82) is 0 Å². The minimum Gasteiger partial charge on any atom is -0.378 e. The summed E-state index contributed by atoms with van der Waals surface area (Å²) >= 11 is 0. The first-order chi connectivity index (χ1) is 7.31. The minimum absolute atomic E-state index is 0.831. The molecule has 0 N–H and O–H groups in total. The molecular weight excluding hydrogens is 186 g/mol. The highest BCUT2D eigenvalue weighted by Crippen LogP contribution is 2.20. The smallest absolute Gasteiger partial charge is 0.0642 e. The molecule has 0 unspecified atom stereocenters. The molecule has 1 saturated heterocycles. The van der Waals surface area contributed by atoms with Crippen molar-refractivity contribution in [3.05, 3.63) is 35.9 Å². The van der Waals surface area contributed by atoms with Gasteiger partial charge in [0.15, 0.2) is 0 Å². The lowest BCUT2D eigenvalue weighted by molar-refractivity contribution is 0.122. The third-order valence-corrected chi connectivity index (χ3v) is 2.86. The van der Waals surface area contributed by atoms with Crippen LogP contribution >= 0.6 is 0 Å². The van der Waals surface area contributed by atoms with E-state index in [0.29, 0.717) is 0 Å². The van der Waals surface area contributed by atoms with Gasteiger partial charge in [-0.25, -0.2) is 0 Å². The Kier molecular flexibility index (Phi) is 3.07. The molecule has 1 aliphatic rings. The van der Waals surface area contributed by atoms with Crippen molar-refractivity contribution in [1.82, 2.24) is 0 Å². The van der Waals surface area contributed by atoms with Crippen molar-refractivity contribution in [3.8, 4) is 0 Å². The predicted molar refractivity (Wildman–Crippen MR) is 64.3 cm³/mol. The lowest BCUT2D eigenvalue weighted by Crippen LogP contribution is -2.36. The van der Waals surface area contributed by atoms with Crippen LogP contribution in [-0.2, 0) is 4.74 Å². The van der Waals surface area contributed by atoms with Crippen LogP contribution in [0.3, 0.4) is 0 Å². The number of hydrogen-bond acceptors (Lipinski definition) is 2. The summed E-state index contributed by atoms with van der Waals surface area (Å²) in [5.74, 6) is 0. The Balaban J connectivity index is 2.23. The van der Waals surface area contributed by atoms with E-state index >= 15 is 0 Å². The fourth-order valence-corrected chi connectivity index (χ4v) is 1.87. The van der Waals surface area contributed by atoms with Crippen molar-refractivity contribution in [2.45, 2.75) is 6.92 Å². The van der Waals surface area contributed by atoms with Gasteiger partial charge in [-0.1, -0.05) is 18.7 Å². The van der Waals surface area contributed by atoms with Crippen LogP contribution < -0.4 is 4.90 Å². The zero-order chi connectivity index (χ0) is 10.7. The molecular formula is C13H17NO. The van der Waals surface area contributed by atoms with Crippen LogP contribution in [0.2, 0.25) is 0 Å². The third-order valence-electron chi connectivity index (χ3n) is 2.86. The Bertz CT molecular complexity index is 354. The highest BCUT2D eigenvalue weighted by Gasteiger charge is 2.11. The van der Waals surface area contributed by atoms with Crippen LogP contribution in [0.1, 0.15) is 11.1 Å². The van der Waals surface area contributed by atoms with Gasteiger partial charge in [0.25, 0.3) is 0 Å². The monoisotopic (exact) mass is 203 g/mol. The Morgan fingerprint density at radius 3 is 2.73 bits per heavy atom. The Morgan fingerprint density at radius 2 is 2.07 bits per heavy atom. The second-order valence-electron chi connectivity index (χ2n) is 3.84. The summed E-state index contributed by atoms with van der Waals surface area (Å²) in [7, 11) is 0. The third kappa shape index (κ3) is 2.21. The van der Waals surface area contributed by atoms with Gasteiger partial charge in [0, 0.05) is 18.8 Å². The highest BCUT2D eigenvalue weighted by molar-refractivity contribution is 5.60. The fourth-order valence-electron chi connectivity index (χ4n) is 1.87. The maximum Gasteiger partial charge on any atom is 0.0642 e. The molecule has 0 aromatic heterocycles. The normalized spacial score (nSPS) is 16.5. The second kappa shape index (κ2) is 4.49. The molecule has 80 valence electrons. The Hall–Kier alpha value is -1.28. The molecule has 0 atom stereocenters. The summed E-state index contributed by atoms with van der Waals surface area (Å²) in [6, 6.07) is 6.53. The van der Waals surface area contributed by atoms with Gasteiger partial charge in [0.05, 0.1) is 13.2 Å². The van der Waals surface area contributed by atoms with Crippen molar-refractivity contribution in [3.63, 3.8) is 0 Å². The van der Waals surface area contributed by atoms with E-state index in [1.165, 1.54) is 16.8 Å². The average Bonchev–Trinajstić information content (AvgIpc) is 2.31. The molecule has 0 aliphatic carbocycles. The van der Waals surface area contributed by atoms with Gasteiger partial charge in [-0.05, 0) is 30.2 Å². The number of aryl methyl sites for hydroxylation is 1. The number of ether oxygens (including phenoxy) is 1. The van der Waals surface area contributed by atoms with E-state index in [4.69, 9.17) is 4.74 Å². The van der Waals surface area contributed by atoms with Crippen molar-refractivity contribution < 1.29 is 4.74 Å². The van der Waals surface area contributed by atoms with Crippen LogP contribution in [0, 0.1) is 6.92 Å². The highest BCUT2D eigenvalue weighted by atomic mass is 16.5. The fraction of sp³-hybridized carbons (Fsp3) is 0.385. The van der Waals surface area contributed by atoms with Crippen LogP contribution in [-0.4, -0.2) is 26.3 Å². The summed E-state index contributed by atoms with van der Waals surface area (Å²) in [6.07, 6.45) is 1.92. The SMILES string of the molecule is C=Cc1cc(N2CCOCC2)ccc1C. The van der Waals surface area contributed by atoms with Crippen LogP contribution in [0.15, 0.2) is 24.8 Å². The molecule has 0 bridgehead atoms. The molecule has 0 radical (unpaired) electrons. The lowest BCUT2D eigenvalue weighted by atomic mass is 10.1. The Labute approximate surface area is 91.2 Å². The van der Waals surface area contributed by atoms with E-state index in [9.17, 15) is 0 Å². The van der Waals surface area contributed by atoms with Crippen molar-refractivity contribution in [2.24, 2.45) is 0 Å². The average molecular weight is 203 g/mol. The van der Waals surface area contributed by atoms with Crippen molar-refractivity contribution >= 4 is 11.8 Å². The number of hydrogen-bond donors (Lipinski definition) is 0. The first-order valence-corrected chi connectivity index (χ1v) is 5.37. The maximum atomic E-state index is 5.34. The molecule has 15 heavy (non-hydrogen) atoms. The van der Waals surface area contributed by atoms with Gasteiger partial charge in [-0.2, -0.15) is 0 Å². The number of nitrogens with zero attached hydrogens (tertiary/aromatic N) is 1. The molecule has 2 heteroatoms. The quantitative estimate of drug-likeness (QED) is 0.732. The largest absolute Gasteiger partial charge is 0.378 e. The van der Waals surface area contributed by atoms with Crippen molar-refractivity contribution in [2.75, 3.05) is 31.2 Å². The molecule has 2 rings (SSSR count). The topological polar surface area (TPSA) is 12.5 Å². The summed E-state index contributed by atoms with van der Waals surface area (Å²) in [5.41, 5.74) is 3.78. The molecule has 1 aromatic rings. The minimum atomic E-state index is 0.831. The second-order valence-corrected chi connectivity index (χ2v) is 3.84. The first-order valence-electron chi connectivity index (χ1n) is 5.37. The molecule has 0 saturated carbocycles. The molecule has 2 nitrogen and oxygen atoms in total. The van der Waals surface area contributed by atoms with Gasteiger partial charge in [-0.3, -0.25) is 0 Å². The summed E-state index contributed by atoms with van der Waals surface area (Å²) in [5, 5.41) is 0. The summed E-state index contributed by atoms with van der Waals surface area (Å²) in [4.78, 5) is 2.36. The van der Waals surface area contributed by atoms with E-state index in [1.54, 1.807) is 0 Å². The van der Waals surface area contributed by atoms with E-state index in [0.717, 1.165) is 26.3 Å². The maximum absolute atomic E-state index is 5.34. The molecule has 1 fully saturated rings. The number of anilines is 1. The molecule has 1 heterocycles. The molecule has 1 aliphatic heterocycles. The zero-order valence-corrected chi connectivity index (χ0v) is 9.20. The molecule has 0 spiro atoms. The Morgan fingerprint density at radius 1 is 1.33 bits per heavy atom. The van der Waals surface area contributed by atoms with E-state index in [-0.39, 0.29) is 0 Å². The van der Waals surface area contributed by atoms with E-state index in [1.807, 2.05) is 6.08 Å². The lowest BCUT2D eigenvalue weighted by Gasteiger charge is -2.29. The standard InChI is InChI=1S/C13H17NO/c1-3-12-10-13(5-4-11(12)2)14-6-8-15-9-7-14/h3-5,10H,1,6-9H2,2H3. The van der Waals surface area contributed by atoms with Gasteiger partial charge in [0.2, 0.25) is 0 Å². The molecule has 0 amide bonds. The van der Waals surface area contributed by atoms with Gasteiger partial charge >= 0.3 is 0 Å². The van der Waals surface area contributed by atoms with Gasteiger partial charge < -0.3 is 9.64 Å². The summed E-state index contributed by atoms with van der Waals surface area (Å²) < 4.78 is 5.34. The zero-order valence-electron chi connectivity index (χ0n) is 9.20. The van der Waals surface area contributed by atoms with Gasteiger partial charge in [-0.15, -0.1) is 0 Å². The number of morpholine rings is 1.